The summed E-state index contributed by atoms with van der Waals surface area (Å²) in [5, 5.41) is 0.567. The Kier molecular flexibility index (Phi) is 5.14. The van der Waals surface area contributed by atoms with E-state index in [9.17, 15) is 8.42 Å². The van der Waals surface area contributed by atoms with Gasteiger partial charge >= 0.3 is 0 Å². The molecule has 0 unspecified atom stereocenters. The Morgan fingerprint density at radius 1 is 1.05 bits per heavy atom. The summed E-state index contributed by atoms with van der Waals surface area (Å²) >= 11 is 6.15. The Morgan fingerprint density at radius 2 is 1.68 bits per heavy atom. The molecule has 0 N–H and O–H groups in total. The zero-order chi connectivity index (χ0) is 16.3. The predicted molar refractivity (Wildman–Crippen MR) is 92.2 cm³/mol. The van der Waals surface area contributed by atoms with E-state index < -0.39 is 10.0 Å². The summed E-state index contributed by atoms with van der Waals surface area (Å²) in [6, 6.07) is 12.2. The second-order valence-corrected chi connectivity index (χ2v) is 7.54. The summed E-state index contributed by atoms with van der Waals surface area (Å²) in [6.07, 6.45) is 0.719. The summed E-state index contributed by atoms with van der Waals surface area (Å²) < 4.78 is 27.4. The summed E-state index contributed by atoms with van der Waals surface area (Å²) in [5.74, 6) is 0. The third-order valence-electron chi connectivity index (χ3n) is 3.54. The maximum atomic E-state index is 13.0. The average Bonchev–Trinajstić information content (AvgIpc) is 2.48. The van der Waals surface area contributed by atoms with E-state index in [0.717, 1.165) is 17.5 Å². The molecule has 0 amide bonds. The Morgan fingerprint density at radius 3 is 2.27 bits per heavy atom. The molecule has 0 atom stereocenters. The van der Waals surface area contributed by atoms with Crippen molar-refractivity contribution in [1.29, 1.82) is 0 Å². The quantitative estimate of drug-likeness (QED) is 0.801. The van der Waals surface area contributed by atoms with Crippen molar-refractivity contribution in [2.75, 3.05) is 10.8 Å². The molecule has 0 aliphatic rings. The van der Waals surface area contributed by atoms with Gasteiger partial charge in [0.15, 0.2) is 0 Å². The van der Waals surface area contributed by atoms with Crippen LogP contribution in [-0.2, 0) is 10.0 Å². The molecule has 0 saturated heterocycles. The van der Waals surface area contributed by atoms with Gasteiger partial charge < -0.3 is 0 Å². The highest BCUT2D eigenvalue weighted by atomic mass is 35.5. The number of nitrogens with zero attached hydrogens (tertiary/aromatic N) is 1. The summed E-state index contributed by atoms with van der Waals surface area (Å²) in [7, 11) is -3.60. The number of halogens is 1. The van der Waals surface area contributed by atoms with Crippen LogP contribution in [0.15, 0.2) is 47.4 Å². The van der Waals surface area contributed by atoms with Crippen molar-refractivity contribution in [2.45, 2.75) is 32.1 Å². The molecule has 0 aliphatic carbocycles. The van der Waals surface area contributed by atoms with Crippen molar-refractivity contribution in [3.05, 3.63) is 58.6 Å². The lowest BCUT2D eigenvalue weighted by Gasteiger charge is -2.26. The second-order valence-electron chi connectivity index (χ2n) is 5.27. The molecule has 0 aromatic heterocycles. The molecule has 0 aliphatic heterocycles. The number of anilines is 1. The van der Waals surface area contributed by atoms with Gasteiger partial charge in [0.25, 0.3) is 10.0 Å². The number of hydrogen-bond acceptors (Lipinski definition) is 2. The first kappa shape index (κ1) is 16.8. The summed E-state index contributed by atoms with van der Waals surface area (Å²) in [4.78, 5) is 0.297. The highest BCUT2D eigenvalue weighted by molar-refractivity contribution is 7.92. The van der Waals surface area contributed by atoms with Crippen molar-refractivity contribution < 1.29 is 8.42 Å². The van der Waals surface area contributed by atoms with Crippen LogP contribution in [0.2, 0.25) is 5.02 Å². The molecule has 2 aromatic rings. The highest BCUT2D eigenvalue weighted by Gasteiger charge is 2.25. The minimum absolute atomic E-state index is 0.297. The van der Waals surface area contributed by atoms with E-state index in [0.29, 0.717) is 22.2 Å². The lowest BCUT2D eigenvalue weighted by atomic mass is 10.2. The van der Waals surface area contributed by atoms with E-state index in [2.05, 4.69) is 0 Å². The number of benzene rings is 2. The van der Waals surface area contributed by atoms with E-state index >= 15 is 0 Å². The molecule has 3 nitrogen and oxygen atoms in total. The van der Waals surface area contributed by atoms with E-state index in [1.165, 1.54) is 4.31 Å². The number of rotatable bonds is 5. The standard InChI is InChI=1S/C17H20ClNO2S/c1-4-12-19(17-7-5-6-16(18)14(17)3)22(20,21)15-10-8-13(2)9-11-15/h5-11H,4,12H2,1-3H3. The van der Waals surface area contributed by atoms with Gasteiger partial charge in [-0.3, -0.25) is 4.31 Å². The number of sulfonamides is 1. The molecule has 0 heterocycles. The fraction of sp³-hybridized carbons (Fsp3) is 0.294. The van der Waals surface area contributed by atoms with E-state index in [1.54, 1.807) is 30.3 Å². The highest BCUT2D eigenvalue weighted by Crippen LogP contribution is 2.31. The molecule has 118 valence electrons. The molecular formula is C17H20ClNO2S. The van der Waals surface area contributed by atoms with Gasteiger partial charge in [-0.25, -0.2) is 8.42 Å². The minimum Gasteiger partial charge on any atom is -0.266 e. The van der Waals surface area contributed by atoms with Crippen LogP contribution >= 0.6 is 11.6 Å². The molecule has 0 bridgehead atoms. The van der Waals surface area contributed by atoms with Crippen LogP contribution in [0.5, 0.6) is 0 Å². The molecule has 22 heavy (non-hydrogen) atoms. The van der Waals surface area contributed by atoms with Gasteiger partial charge in [-0.15, -0.1) is 0 Å². The first-order valence-corrected chi connectivity index (χ1v) is 9.04. The van der Waals surface area contributed by atoms with Crippen molar-refractivity contribution in [1.82, 2.24) is 0 Å². The van der Waals surface area contributed by atoms with Gasteiger partial charge in [0.2, 0.25) is 0 Å². The number of aryl methyl sites for hydroxylation is 1. The van der Waals surface area contributed by atoms with E-state index in [-0.39, 0.29) is 0 Å². The van der Waals surface area contributed by atoms with Gasteiger partial charge in [-0.05, 0) is 50.1 Å². The largest absolute Gasteiger partial charge is 0.266 e. The summed E-state index contributed by atoms with van der Waals surface area (Å²) in [6.45, 7) is 6.14. The Bertz CT molecular complexity index is 755. The molecule has 0 spiro atoms. The Labute approximate surface area is 137 Å². The maximum absolute atomic E-state index is 13.0. The predicted octanol–water partition coefficient (Wildman–Crippen LogP) is 4.56. The topological polar surface area (TPSA) is 37.4 Å². The fourth-order valence-electron chi connectivity index (χ4n) is 2.28. The van der Waals surface area contributed by atoms with Gasteiger partial charge in [0.05, 0.1) is 10.6 Å². The van der Waals surface area contributed by atoms with Gasteiger partial charge in [-0.2, -0.15) is 0 Å². The molecule has 0 saturated carbocycles. The zero-order valence-corrected chi connectivity index (χ0v) is 14.6. The SMILES string of the molecule is CCCN(c1cccc(Cl)c1C)S(=O)(=O)c1ccc(C)cc1. The van der Waals surface area contributed by atoms with Crippen molar-refractivity contribution in [3.63, 3.8) is 0 Å². The second kappa shape index (κ2) is 6.71. The molecular weight excluding hydrogens is 318 g/mol. The van der Waals surface area contributed by atoms with Crippen LogP contribution in [-0.4, -0.2) is 15.0 Å². The first-order chi connectivity index (χ1) is 10.4. The lowest BCUT2D eigenvalue weighted by molar-refractivity contribution is 0.590. The van der Waals surface area contributed by atoms with Gasteiger partial charge in [0, 0.05) is 11.6 Å². The van der Waals surface area contributed by atoms with Crippen molar-refractivity contribution in [2.24, 2.45) is 0 Å². The van der Waals surface area contributed by atoms with Crippen LogP contribution in [0.3, 0.4) is 0 Å². The fourth-order valence-corrected chi connectivity index (χ4v) is 4.06. The maximum Gasteiger partial charge on any atom is 0.264 e. The normalized spacial score (nSPS) is 11.5. The third-order valence-corrected chi connectivity index (χ3v) is 5.78. The smallest absolute Gasteiger partial charge is 0.264 e. The third kappa shape index (κ3) is 3.28. The Hall–Kier alpha value is -1.52. The lowest BCUT2D eigenvalue weighted by Crippen LogP contribution is -2.32. The van der Waals surface area contributed by atoms with Crippen molar-refractivity contribution in [3.8, 4) is 0 Å². The van der Waals surface area contributed by atoms with Crippen LogP contribution in [0.4, 0.5) is 5.69 Å². The van der Waals surface area contributed by atoms with Gasteiger partial charge in [0.1, 0.15) is 0 Å². The van der Waals surface area contributed by atoms with E-state index in [1.807, 2.05) is 32.9 Å². The zero-order valence-electron chi connectivity index (χ0n) is 13.0. The molecule has 0 fully saturated rings. The Balaban J connectivity index is 2.55. The first-order valence-electron chi connectivity index (χ1n) is 7.22. The van der Waals surface area contributed by atoms with Gasteiger partial charge in [-0.1, -0.05) is 42.3 Å². The van der Waals surface area contributed by atoms with Crippen LogP contribution in [0.25, 0.3) is 0 Å². The monoisotopic (exact) mass is 337 g/mol. The molecule has 2 rings (SSSR count). The van der Waals surface area contributed by atoms with Crippen LogP contribution in [0, 0.1) is 13.8 Å². The summed E-state index contributed by atoms with van der Waals surface area (Å²) in [5.41, 5.74) is 2.43. The molecule has 2 aromatic carbocycles. The average molecular weight is 338 g/mol. The van der Waals surface area contributed by atoms with Crippen LogP contribution < -0.4 is 4.31 Å². The van der Waals surface area contributed by atoms with E-state index in [4.69, 9.17) is 11.6 Å². The molecule has 0 radical (unpaired) electrons. The molecule has 5 heteroatoms. The minimum atomic E-state index is -3.60. The number of hydrogen-bond donors (Lipinski definition) is 0. The van der Waals surface area contributed by atoms with Crippen molar-refractivity contribution >= 4 is 27.3 Å². The van der Waals surface area contributed by atoms with Crippen LogP contribution in [0.1, 0.15) is 24.5 Å².